The number of halogens is 1. The van der Waals surface area contributed by atoms with Gasteiger partial charge in [-0.1, -0.05) is 29.8 Å². The third kappa shape index (κ3) is 5.37. The van der Waals surface area contributed by atoms with Crippen molar-refractivity contribution in [3.05, 3.63) is 81.3 Å². The average molecular weight is 537 g/mol. The number of phenols is 1. The number of carboxylic acids is 1. The fraction of sp³-hybridized carbons (Fsp3) is 0.276. The SMILES string of the molecule is CC[NH+](CC)CC.O=C([O-])CC1c2cccnc2Oc2cc(O)c3c(=O)c(-c4ccc(Cl)cc4)coc3c21. The number of hydrogen-bond acceptors (Lipinski definition) is 7. The van der Waals surface area contributed by atoms with Crippen molar-refractivity contribution < 1.29 is 29.1 Å². The van der Waals surface area contributed by atoms with Crippen LogP contribution in [0.3, 0.4) is 0 Å². The molecular weight excluding hydrogens is 508 g/mol. The fourth-order valence-electron chi connectivity index (χ4n) is 4.67. The molecule has 9 heteroatoms. The second-order valence-corrected chi connectivity index (χ2v) is 9.37. The summed E-state index contributed by atoms with van der Waals surface area (Å²) in [7, 11) is 0. The molecule has 0 bridgehead atoms. The van der Waals surface area contributed by atoms with Gasteiger partial charge >= 0.3 is 0 Å². The molecule has 5 rings (SSSR count). The van der Waals surface area contributed by atoms with Crippen LogP contribution in [0.4, 0.5) is 0 Å². The Kier molecular flexibility index (Phi) is 8.34. The van der Waals surface area contributed by atoms with E-state index in [0.29, 0.717) is 21.7 Å². The maximum atomic E-state index is 13.3. The Balaban J connectivity index is 0.000000426. The summed E-state index contributed by atoms with van der Waals surface area (Å²) in [6.45, 7) is 10.5. The van der Waals surface area contributed by atoms with E-state index in [1.54, 1.807) is 41.3 Å². The van der Waals surface area contributed by atoms with Crippen molar-refractivity contribution in [3.63, 3.8) is 0 Å². The number of pyridine rings is 1. The Morgan fingerprint density at radius 1 is 1.13 bits per heavy atom. The molecule has 0 aliphatic carbocycles. The summed E-state index contributed by atoms with van der Waals surface area (Å²) in [4.78, 5) is 30.6. The number of carboxylic acid groups (broad SMARTS) is 1. The highest BCUT2D eigenvalue weighted by Gasteiger charge is 2.33. The number of fused-ring (bicyclic) bond motifs is 4. The summed E-state index contributed by atoms with van der Waals surface area (Å²) in [5, 5.41) is 22.6. The first kappa shape index (κ1) is 27.2. The molecule has 2 aromatic heterocycles. The number of nitrogens with zero attached hydrogens (tertiary/aromatic N) is 1. The molecule has 8 nitrogen and oxygen atoms in total. The Morgan fingerprint density at radius 2 is 1.82 bits per heavy atom. The number of phenolic OH excluding ortho intramolecular Hbond substituents is 1. The fourth-order valence-corrected chi connectivity index (χ4v) is 4.80. The van der Waals surface area contributed by atoms with Crippen LogP contribution in [0.5, 0.6) is 17.4 Å². The Morgan fingerprint density at radius 3 is 2.42 bits per heavy atom. The standard InChI is InChI=1S/C23H14ClNO6.C6H15N/c24-12-5-3-11(4-6-12)15-10-30-22-19-14(8-18(27)28)13-2-1-7-25-23(13)31-17(19)9-16(26)20(22)21(15)29;1-4-7(5-2)6-3/h1-7,9-10,14,26H,8H2,(H,27,28);4-6H2,1-3H3. The number of nitrogens with one attached hydrogen (secondary N) is 1. The maximum absolute atomic E-state index is 13.3. The highest BCUT2D eigenvalue weighted by Crippen LogP contribution is 2.49. The molecule has 1 aliphatic rings. The van der Waals surface area contributed by atoms with E-state index in [4.69, 9.17) is 20.8 Å². The molecule has 0 saturated heterocycles. The Bertz CT molecular complexity index is 1510. The first-order chi connectivity index (χ1) is 18.3. The van der Waals surface area contributed by atoms with E-state index in [1.807, 2.05) is 0 Å². The summed E-state index contributed by atoms with van der Waals surface area (Å²) in [5.74, 6) is -1.96. The molecule has 0 spiro atoms. The molecule has 2 N–H and O–H groups in total. The number of ether oxygens (including phenoxy) is 1. The van der Waals surface area contributed by atoms with Crippen molar-refractivity contribution in [1.29, 1.82) is 0 Å². The van der Waals surface area contributed by atoms with Gasteiger partial charge in [0.2, 0.25) is 11.3 Å². The smallest absolute Gasteiger partial charge is 0.223 e. The van der Waals surface area contributed by atoms with Gasteiger partial charge in [-0.15, -0.1) is 0 Å². The second kappa shape index (κ2) is 11.7. The molecule has 0 amide bonds. The minimum Gasteiger partial charge on any atom is -0.550 e. The van der Waals surface area contributed by atoms with Gasteiger partial charge in [-0.05, 0) is 51.0 Å². The van der Waals surface area contributed by atoms with Crippen molar-refractivity contribution in [3.8, 4) is 28.5 Å². The van der Waals surface area contributed by atoms with Gasteiger partial charge in [0.05, 0.1) is 25.2 Å². The summed E-state index contributed by atoms with van der Waals surface area (Å²) < 4.78 is 11.6. The Hall–Kier alpha value is -3.88. The number of carbonyl (C=O) groups excluding carboxylic acids is 1. The lowest BCUT2D eigenvalue weighted by molar-refractivity contribution is -0.894. The highest BCUT2D eigenvalue weighted by atomic mass is 35.5. The van der Waals surface area contributed by atoms with Crippen LogP contribution in [-0.2, 0) is 4.79 Å². The van der Waals surface area contributed by atoms with Gasteiger partial charge in [0.15, 0.2) is 0 Å². The number of quaternary nitrogens is 1. The van der Waals surface area contributed by atoms with Gasteiger partial charge in [0.1, 0.15) is 28.7 Å². The van der Waals surface area contributed by atoms with Crippen molar-refractivity contribution >= 4 is 28.5 Å². The topological polar surface area (TPSA) is 117 Å². The molecule has 3 heterocycles. The lowest BCUT2D eigenvalue weighted by Crippen LogP contribution is -3.11. The molecule has 198 valence electrons. The molecule has 4 aromatic rings. The van der Waals surface area contributed by atoms with Crippen LogP contribution in [0.2, 0.25) is 5.02 Å². The van der Waals surface area contributed by atoms with Gasteiger partial charge in [-0.2, -0.15) is 0 Å². The predicted molar refractivity (Wildman–Crippen MR) is 143 cm³/mol. The summed E-state index contributed by atoms with van der Waals surface area (Å²) in [5.41, 5.74) is 1.25. The molecule has 0 fully saturated rings. The quantitative estimate of drug-likeness (QED) is 0.387. The van der Waals surface area contributed by atoms with Crippen LogP contribution in [0.15, 0.2) is 64.1 Å². The first-order valence-corrected chi connectivity index (χ1v) is 12.9. The molecule has 1 atom stereocenters. The van der Waals surface area contributed by atoms with Crippen molar-refractivity contribution in [2.24, 2.45) is 0 Å². The van der Waals surface area contributed by atoms with E-state index < -0.39 is 17.3 Å². The van der Waals surface area contributed by atoms with E-state index in [-0.39, 0.29) is 40.3 Å². The molecule has 1 aliphatic heterocycles. The minimum absolute atomic E-state index is 0.0541. The highest BCUT2D eigenvalue weighted by molar-refractivity contribution is 6.30. The van der Waals surface area contributed by atoms with Crippen LogP contribution >= 0.6 is 11.6 Å². The monoisotopic (exact) mass is 536 g/mol. The van der Waals surface area contributed by atoms with Crippen LogP contribution in [0.25, 0.3) is 22.1 Å². The zero-order valence-electron chi connectivity index (χ0n) is 21.4. The lowest BCUT2D eigenvalue weighted by Gasteiger charge is -2.28. The molecule has 0 radical (unpaired) electrons. The second-order valence-electron chi connectivity index (χ2n) is 8.94. The third-order valence-corrected chi connectivity index (χ3v) is 7.04. The molecule has 38 heavy (non-hydrogen) atoms. The van der Waals surface area contributed by atoms with E-state index >= 15 is 0 Å². The van der Waals surface area contributed by atoms with Gasteiger partial charge in [-0.25, -0.2) is 4.98 Å². The number of rotatable bonds is 6. The molecule has 0 saturated carbocycles. The normalized spacial score (nSPS) is 13.8. The summed E-state index contributed by atoms with van der Waals surface area (Å²) in [6.07, 6.45) is 2.42. The number of aromatic hydroxyl groups is 1. The molecular formula is C29H29ClN2O6. The maximum Gasteiger partial charge on any atom is 0.223 e. The molecule has 1 unspecified atom stereocenters. The van der Waals surface area contributed by atoms with Crippen LogP contribution < -0.4 is 20.2 Å². The number of hydrogen-bond donors (Lipinski definition) is 2. The van der Waals surface area contributed by atoms with Gasteiger partial charge < -0.3 is 29.1 Å². The van der Waals surface area contributed by atoms with Gasteiger partial charge in [-0.3, -0.25) is 4.79 Å². The van der Waals surface area contributed by atoms with Gasteiger partial charge in [0.25, 0.3) is 0 Å². The van der Waals surface area contributed by atoms with E-state index in [0.717, 1.165) is 0 Å². The number of aromatic nitrogens is 1. The van der Waals surface area contributed by atoms with Crippen molar-refractivity contribution in [2.45, 2.75) is 33.1 Å². The lowest BCUT2D eigenvalue weighted by atomic mass is 9.85. The third-order valence-electron chi connectivity index (χ3n) is 6.78. The van der Waals surface area contributed by atoms with Crippen LogP contribution in [-0.4, -0.2) is 35.7 Å². The summed E-state index contributed by atoms with van der Waals surface area (Å²) >= 11 is 5.92. The average Bonchev–Trinajstić information content (AvgIpc) is 2.90. The number of carbonyl (C=O) groups is 1. The summed E-state index contributed by atoms with van der Waals surface area (Å²) in [6, 6.07) is 11.2. The van der Waals surface area contributed by atoms with Crippen LogP contribution in [0, 0.1) is 0 Å². The van der Waals surface area contributed by atoms with Gasteiger partial charge in [0, 0.05) is 40.3 Å². The zero-order chi connectivity index (χ0) is 27.4. The van der Waals surface area contributed by atoms with E-state index in [1.165, 1.54) is 38.2 Å². The molecule has 2 aromatic carbocycles. The largest absolute Gasteiger partial charge is 0.550 e. The number of benzene rings is 2. The zero-order valence-corrected chi connectivity index (χ0v) is 22.2. The first-order valence-electron chi connectivity index (χ1n) is 12.5. The number of aliphatic carboxylic acids is 1. The predicted octanol–water partition coefficient (Wildman–Crippen LogP) is 3.52. The van der Waals surface area contributed by atoms with E-state index in [2.05, 4.69) is 25.8 Å². The Labute approximate surface area is 225 Å². The van der Waals surface area contributed by atoms with Crippen LogP contribution in [0.1, 0.15) is 44.2 Å². The minimum atomic E-state index is -1.28. The van der Waals surface area contributed by atoms with Crippen molar-refractivity contribution in [2.75, 3.05) is 19.6 Å². The van der Waals surface area contributed by atoms with E-state index in [9.17, 15) is 19.8 Å². The van der Waals surface area contributed by atoms with Crippen molar-refractivity contribution in [1.82, 2.24) is 4.98 Å².